The van der Waals surface area contributed by atoms with Crippen LogP contribution < -0.4 is 5.73 Å². The van der Waals surface area contributed by atoms with Crippen LogP contribution in [0.2, 0.25) is 0 Å². The minimum absolute atomic E-state index is 0.0292. The van der Waals surface area contributed by atoms with Gasteiger partial charge in [0.1, 0.15) is 11.4 Å². The van der Waals surface area contributed by atoms with Crippen molar-refractivity contribution in [1.29, 1.82) is 0 Å². The van der Waals surface area contributed by atoms with Crippen LogP contribution in [-0.2, 0) is 0 Å². The molecule has 0 aliphatic rings. The molecule has 2 unspecified atom stereocenters. The Hall–Kier alpha value is -1.17. The first-order chi connectivity index (χ1) is 9.43. The Kier molecular flexibility index (Phi) is 4.62. The van der Waals surface area contributed by atoms with Gasteiger partial charge in [-0.15, -0.1) is 0 Å². The number of aliphatic hydroxyl groups is 1. The molecule has 1 aromatic carbocycles. The van der Waals surface area contributed by atoms with Crippen LogP contribution in [0.1, 0.15) is 20.8 Å². The Morgan fingerprint density at radius 3 is 2.60 bits per heavy atom. The number of fused-ring (bicyclic) bond motifs is 1. The number of para-hydroxylation sites is 1. The van der Waals surface area contributed by atoms with E-state index in [1.54, 1.807) is 6.33 Å². The first-order valence-corrected chi connectivity index (χ1v) is 7.54. The second kappa shape index (κ2) is 6.08. The molecule has 3 N–H and O–H groups in total. The lowest BCUT2D eigenvalue weighted by molar-refractivity contribution is 0.233. The molecule has 0 saturated heterocycles. The molecule has 0 bridgehead atoms. The zero-order chi connectivity index (χ0) is 14.8. The lowest BCUT2D eigenvalue weighted by atomic mass is 9.85. The number of nitrogens with zero attached hydrogens (tertiary/aromatic N) is 2. The molecular formula is C15H21N3OS. The number of hydrogen-bond acceptors (Lipinski definition) is 5. The van der Waals surface area contributed by atoms with Gasteiger partial charge in [0.15, 0.2) is 0 Å². The molecule has 0 radical (unpaired) electrons. The number of thioether (sulfide) groups is 1. The number of rotatable bonds is 4. The highest BCUT2D eigenvalue weighted by molar-refractivity contribution is 8.00. The van der Waals surface area contributed by atoms with Crippen molar-refractivity contribution in [2.45, 2.75) is 37.1 Å². The third kappa shape index (κ3) is 3.29. The predicted molar refractivity (Wildman–Crippen MR) is 83.7 cm³/mol. The van der Waals surface area contributed by atoms with Gasteiger partial charge in [-0.2, -0.15) is 0 Å². The van der Waals surface area contributed by atoms with Crippen LogP contribution in [-0.4, -0.2) is 33.0 Å². The summed E-state index contributed by atoms with van der Waals surface area (Å²) >= 11 is 1.53. The summed E-state index contributed by atoms with van der Waals surface area (Å²) in [4.78, 5) is 8.59. The van der Waals surface area contributed by atoms with Gasteiger partial charge >= 0.3 is 0 Å². The highest BCUT2D eigenvalue weighted by atomic mass is 32.2. The van der Waals surface area contributed by atoms with Crippen molar-refractivity contribution in [2.24, 2.45) is 11.1 Å². The smallest absolute Gasteiger partial charge is 0.117 e. The second-order valence-electron chi connectivity index (χ2n) is 5.93. The van der Waals surface area contributed by atoms with Gasteiger partial charge in [-0.25, -0.2) is 9.97 Å². The van der Waals surface area contributed by atoms with Gasteiger partial charge in [0.05, 0.1) is 12.1 Å². The Labute approximate surface area is 123 Å². The van der Waals surface area contributed by atoms with E-state index >= 15 is 0 Å². The van der Waals surface area contributed by atoms with E-state index in [1.165, 1.54) is 11.8 Å². The van der Waals surface area contributed by atoms with E-state index < -0.39 is 0 Å². The summed E-state index contributed by atoms with van der Waals surface area (Å²) < 4.78 is 0. The zero-order valence-electron chi connectivity index (χ0n) is 12.1. The Morgan fingerprint density at radius 2 is 1.95 bits per heavy atom. The van der Waals surface area contributed by atoms with E-state index in [0.717, 1.165) is 15.9 Å². The maximum absolute atomic E-state index is 9.65. The molecule has 0 spiro atoms. The van der Waals surface area contributed by atoms with E-state index in [2.05, 4.69) is 30.7 Å². The monoisotopic (exact) mass is 291 g/mol. The van der Waals surface area contributed by atoms with Crippen molar-refractivity contribution in [3.05, 3.63) is 30.6 Å². The Balaban J connectivity index is 2.31. The van der Waals surface area contributed by atoms with Crippen molar-refractivity contribution in [1.82, 2.24) is 9.97 Å². The topological polar surface area (TPSA) is 72.0 Å². The van der Waals surface area contributed by atoms with Gasteiger partial charge < -0.3 is 10.8 Å². The lowest BCUT2D eigenvalue weighted by Crippen LogP contribution is -2.45. The minimum atomic E-state index is -0.119. The fraction of sp³-hybridized carbons (Fsp3) is 0.467. The number of aromatic nitrogens is 2. The number of aliphatic hydroxyl groups excluding tert-OH is 1. The van der Waals surface area contributed by atoms with Crippen LogP contribution in [0.3, 0.4) is 0 Å². The molecular weight excluding hydrogens is 270 g/mol. The fourth-order valence-corrected chi connectivity index (χ4v) is 3.32. The molecule has 2 atom stereocenters. The van der Waals surface area contributed by atoms with E-state index in [1.807, 2.05) is 24.3 Å². The molecule has 1 heterocycles. The average Bonchev–Trinajstić information content (AvgIpc) is 2.43. The van der Waals surface area contributed by atoms with Crippen LogP contribution >= 0.6 is 11.8 Å². The van der Waals surface area contributed by atoms with E-state index in [0.29, 0.717) is 0 Å². The molecule has 0 aliphatic heterocycles. The summed E-state index contributed by atoms with van der Waals surface area (Å²) in [5, 5.41) is 11.4. The third-order valence-electron chi connectivity index (χ3n) is 3.35. The van der Waals surface area contributed by atoms with E-state index in [-0.39, 0.29) is 23.3 Å². The Morgan fingerprint density at radius 1 is 1.25 bits per heavy atom. The van der Waals surface area contributed by atoms with Crippen molar-refractivity contribution < 1.29 is 5.11 Å². The SMILES string of the molecule is CC(C)(C)C(N)C(CO)Sc1ncnc2ccccc12. The number of benzene rings is 1. The summed E-state index contributed by atoms with van der Waals surface area (Å²) in [6, 6.07) is 7.75. The molecule has 20 heavy (non-hydrogen) atoms. The molecule has 0 fully saturated rings. The minimum Gasteiger partial charge on any atom is -0.395 e. The Bertz CT molecular complexity index is 577. The molecule has 1 aromatic heterocycles. The van der Waals surface area contributed by atoms with Gasteiger partial charge in [0, 0.05) is 16.7 Å². The van der Waals surface area contributed by atoms with Gasteiger partial charge in [-0.1, -0.05) is 50.7 Å². The maximum Gasteiger partial charge on any atom is 0.117 e. The standard InChI is InChI=1S/C15H21N3OS/c1-15(2,3)13(16)12(8-19)20-14-10-6-4-5-7-11(10)17-9-18-14/h4-7,9,12-13,19H,8,16H2,1-3H3. The van der Waals surface area contributed by atoms with Gasteiger partial charge in [-0.3, -0.25) is 0 Å². The fourth-order valence-electron chi connectivity index (χ4n) is 2.00. The summed E-state index contributed by atoms with van der Waals surface area (Å²) in [6.07, 6.45) is 1.56. The first kappa shape index (κ1) is 15.2. The van der Waals surface area contributed by atoms with Crippen molar-refractivity contribution in [3.8, 4) is 0 Å². The molecule has 2 aromatic rings. The van der Waals surface area contributed by atoms with Crippen LogP contribution in [0.4, 0.5) is 0 Å². The van der Waals surface area contributed by atoms with Gasteiger partial charge in [-0.05, 0) is 11.5 Å². The first-order valence-electron chi connectivity index (χ1n) is 6.66. The largest absolute Gasteiger partial charge is 0.395 e. The molecule has 0 amide bonds. The average molecular weight is 291 g/mol. The summed E-state index contributed by atoms with van der Waals surface area (Å²) in [6.45, 7) is 6.28. The summed E-state index contributed by atoms with van der Waals surface area (Å²) in [7, 11) is 0. The van der Waals surface area contributed by atoms with Crippen molar-refractivity contribution >= 4 is 22.7 Å². The number of hydrogen-bond donors (Lipinski definition) is 2. The second-order valence-corrected chi connectivity index (χ2v) is 7.15. The molecule has 4 nitrogen and oxygen atoms in total. The summed E-state index contributed by atoms with van der Waals surface area (Å²) in [5.41, 5.74) is 7.12. The van der Waals surface area contributed by atoms with Gasteiger partial charge in [0.25, 0.3) is 0 Å². The normalized spacial score (nSPS) is 15.2. The van der Waals surface area contributed by atoms with Crippen LogP contribution in [0.5, 0.6) is 0 Å². The number of nitrogens with two attached hydrogens (primary N) is 1. The highest BCUT2D eigenvalue weighted by Crippen LogP contribution is 2.33. The van der Waals surface area contributed by atoms with Crippen LogP contribution in [0.15, 0.2) is 35.6 Å². The highest BCUT2D eigenvalue weighted by Gasteiger charge is 2.30. The lowest BCUT2D eigenvalue weighted by Gasteiger charge is -2.32. The maximum atomic E-state index is 9.65. The predicted octanol–water partition coefficient (Wildman–Crippen LogP) is 2.46. The summed E-state index contributed by atoms with van der Waals surface area (Å²) in [5.74, 6) is 0. The van der Waals surface area contributed by atoms with E-state index in [4.69, 9.17) is 5.73 Å². The third-order valence-corrected chi connectivity index (χ3v) is 4.64. The molecule has 108 valence electrons. The zero-order valence-corrected chi connectivity index (χ0v) is 12.9. The van der Waals surface area contributed by atoms with Crippen molar-refractivity contribution in [2.75, 3.05) is 6.61 Å². The van der Waals surface area contributed by atoms with Crippen LogP contribution in [0.25, 0.3) is 10.9 Å². The van der Waals surface area contributed by atoms with Crippen LogP contribution in [0, 0.1) is 5.41 Å². The van der Waals surface area contributed by atoms with E-state index in [9.17, 15) is 5.11 Å². The quantitative estimate of drug-likeness (QED) is 0.669. The molecule has 0 saturated carbocycles. The molecule has 2 rings (SSSR count). The molecule has 0 aliphatic carbocycles. The molecule has 5 heteroatoms. The van der Waals surface area contributed by atoms with Gasteiger partial charge in [0.2, 0.25) is 0 Å². The van der Waals surface area contributed by atoms with Crippen molar-refractivity contribution in [3.63, 3.8) is 0 Å².